The van der Waals surface area contributed by atoms with E-state index in [2.05, 4.69) is 6.07 Å². The van der Waals surface area contributed by atoms with Crippen molar-refractivity contribution in [2.45, 2.75) is 6.92 Å². The standard InChI is InChI=1S/C10H7FN2/c1-7-4-10-8(5-12)2-3-13(10)6-9(7)11/h2-4,6H,1H3. The van der Waals surface area contributed by atoms with Crippen molar-refractivity contribution in [1.82, 2.24) is 4.40 Å². The van der Waals surface area contributed by atoms with Crippen LogP contribution < -0.4 is 0 Å². The summed E-state index contributed by atoms with van der Waals surface area (Å²) in [7, 11) is 0. The van der Waals surface area contributed by atoms with E-state index in [0.29, 0.717) is 11.1 Å². The number of nitriles is 1. The van der Waals surface area contributed by atoms with E-state index in [9.17, 15) is 4.39 Å². The summed E-state index contributed by atoms with van der Waals surface area (Å²) in [6.45, 7) is 1.68. The minimum absolute atomic E-state index is 0.257. The number of hydrogen-bond acceptors (Lipinski definition) is 1. The smallest absolute Gasteiger partial charge is 0.142 e. The van der Waals surface area contributed by atoms with Crippen LogP contribution in [0.25, 0.3) is 5.52 Å². The second kappa shape index (κ2) is 2.60. The largest absolute Gasteiger partial charge is 0.320 e. The fourth-order valence-electron chi connectivity index (χ4n) is 1.32. The summed E-state index contributed by atoms with van der Waals surface area (Å²) in [6, 6.07) is 5.40. The molecule has 0 spiro atoms. The summed E-state index contributed by atoms with van der Waals surface area (Å²) < 4.78 is 14.7. The number of aromatic nitrogens is 1. The average molecular weight is 174 g/mol. The monoisotopic (exact) mass is 174 g/mol. The van der Waals surface area contributed by atoms with Gasteiger partial charge in [0.05, 0.1) is 11.1 Å². The minimum Gasteiger partial charge on any atom is -0.320 e. The van der Waals surface area contributed by atoms with Crippen LogP contribution in [0, 0.1) is 24.1 Å². The Morgan fingerprint density at radius 1 is 1.54 bits per heavy atom. The number of halogens is 1. The molecule has 3 heteroatoms. The van der Waals surface area contributed by atoms with E-state index >= 15 is 0 Å². The van der Waals surface area contributed by atoms with E-state index in [1.54, 1.807) is 29.7 Å². The highest BCUT2D eigenvalue weighted by Crippen LogP contribution is 2.15. The maximum atomic E-state index is 13.1. The zero-order valence-electron chi connectivity index (χ0n) is 7.08. The molecule has 2 heterocycles. The molecule has 0 radical (unpaired) electrons. The van der Waals surface area contributed by atoms with E-state index in [4.69, 9.17) is 5.26 Å². The highest BCUT2D eigenvalue weighted by Gasteiger charge is 2.04. The first-order valence-corrected chi connectivity index (χ1v) is 3.89. The predicted molar refractivity (Wildman–Crippen MR) is 46.8 cm³/mol. The molecule has 0 fully saturated rings. The van der Waals surface area contributed by atoms with Crippen molar-refractivity contribution in [3.63, 3.8) is 0 Å². The van der Waals surface area contributed by atoms with Crippen LogP contribution in [0.4, 0.5) is 4.39 Å². The minimum atomic E-state index is -0.257. The van der Waals surface area contributed by atoms with Crippen molar-refractivity contribution in [2.24, 2.45) is 0 Å². The molecular weight excluding hydrogens is 167 g/mol. The molecule has 0 aliphatic carbocycles. The first kappa shape index (κ1) is 7.81. The van der Waals surface area contributed by atoms with Gasteiger partial charge in [0.15, 0.2) is 0 Å². The molecule has 0 atom stereocenters. The van der Waals surface area contributed by atoms with Crippen LogP contribution in [0.1, 0.15) is 11.1 Å². The summed E-state index contributed by atoms with van der Waals surface area (Å²) in [6.07, 6.45) is 3.06. The Morgan fingerprint density at radius 2 is 2.31 bits per heavy atom. The predicted octanol–water partition coefficient (Wildman–Crippen LogP) is 2.26. The van der Waals surface area contributed by atoms with Gasteiger partial charge in [0.25, 0.3) is 0 Å². The highest BCUT2D eigenvalue weighted by molar-refractivity contribution is 5.62. The molecular formula is C10H7FN2. The van der Waals surface area contributed by atoms with Crippen molar-refractivity contribution < 1.29 is 4.39 Å². The van der Waals surface area contributed by atoms with Gasteiger partial charge in [-0.1, -0.05) is 0 Å². The van der Waals surface area contributed by atoms with Crippen molar-refractivity contribution in [2.75, 3.05) is 0 Å². The van der Waals surface area contributed by atoms with Crippen molar-refractivity contribution in [1.29, 1.82) is 5.26 Å². The zero-order valence-corrected chi connectivity index (χ0v) is 7.08. The Morgan fingerprint density at radius 3 is 3.00 bits per heavy atom. The number of nitrogens with zero attached hydrogens (tertiary/aromatic N) is 2. The van der Waals surface area contributed by atoms with Gasteiger partial charge in [0.1, 0.15) is 11.9 Å². The molecule has 0 saturated heterocycles. The summed E-state index contributed by atoms with van der Waals surface area (Å²) in [5.41, 5.74) is 1.88. The van der Waals surface area contributed by atoms with E-state index in [1.807, 2.05) is 0 Å². The molecule has 2 nitrogen and oxygen atoms in total. The molecule has 0 aliphatic rings. The van der Waals surface area contributed by atoms with Gasteiger partial charge in [-0.05, 0) is 24.6 Å². The SMILES string of the molecule is Cc1cc2c(C#N)ccn2cc1F. The van der Waals surface area contributed by atoms with E-state index < -0.39 is 0 Å². The van der Waals surface area contributed by atoms with Crippen LogP contribution >= 0.6 is 0 Å². The van der Waals surface area contributed by atoms with Crippen LogP contribution in [-0.2, 0) is 0 Å². The van der Waals surface area contributed by atoms with Gasteiger partial charge >= 0.3 is 0 Å². The quantitative estimate of drug-likeness (QED) is 0.602. The lowest BCUT2D eigenvalue weighted by Crippen LogP contribution is -1.89. The number of fused-ring (bicyclic) bond motifs is 1. The third-order valence-corrected chi connectivity index (χ3v) is 2.06. The van der Waals surface area contributed by atoms with Crippen LogP contribution in [0.5, 0.6) is 0 Å². The topological polar surface area (TPSA) is 28.2 Å². The first-order valence-electron chi connectivity index (χ1n) is 3.89. The molecule has 2 rings (SSSR count). The Hall–Kier alpha value is -1.82. The van der Waals surface area contributed by atoms with Gasteiger partial charge in [0.2, 0.25) is 0 Å². The Labute approximate surface area is 74.8 Å². The van der Waals surface area contributed by atoms with E-state index in [0.717, 1.165) is 5.52 Å². The van der Waals surface area contributed by atoms with Gasteiger partial charge in [0, 0.05) is 12.4 Å². The van der Waals surface area contributed by atoms with Gasteiger partial charge in [-0.2, -0.15) is 5.26 Å². The number of pyridine rings is 1. The lowest BCUT2D eigenvalue weighted by atomic mass is 10.2. The average Bonchev–Trinajstić information content (AvgIpc) is 2.48. The molecule has 0 N–H and O–H groups in total. The van der Waals surface area contributed by atoms with Crippen molar-refractivity contribution in [3.05, 3.63) is 41.5 Å². The third-order valence-electron chi connectivity index (χ3n) is 2.06. The van der Waals surface area contributed by atoms with Crippen LogP contribution in [0.15, 0.2) is 24.5 Å². The van der Waals surface area contributed by atoms with Crippen LogP contribution in [0.2, 0.25) is 0 Å². The molecule has 0 unspecified atom stereocenters. The molecule has 0 bridgehead atoms. The Kier molecular flexibility index (Phi) is 1.56. The second-order valence-electron chi connectivity index (χ2n) is 2.94. The second-order valence-corrected chi connectivity index (χ2v) is 2.94. The number of aryl methyl sites for hydroxylation is 1. The van der Waals surface area contributed by atoms with E-state index in [1.165, 1.54) is 6.20 Å². The third kappa shape index (κ3) is 1.07. The normalized spacial score (nSPS) is 10.2. The Bertz CT molecular complexity index is 505. The number of rotatable bonds is 0. The lowest BCUT2D eigenvalue weighted by molar-refractivity contribution is 0.610. The Balaban J connectivity index is 2.86. The maximum absolute atomic E-state index is 13.1. The maximum Gasteiger partial charge on any atom is 0.142 e. The van der Waals surface area contributed by atoms with E-state index in [-0.39, 0.29) is 5.82 Å². The van der Waals surface area contributed by atoms with Crippen molar-refractivity contribution >= 4 is 5.52 Å². The zero-order chi connectivity index (χ0) is 9.42. The van der Waals surface area contributed by atoms with Crippen LogP contribution in [-0.4, -0.2) is 4.40 Å². The van der Waals surface area contributed by atoms with Gasteiger partial charge in [-0.15, -0.1) is 0 Å². The molecule has 0 aromatic carbocycles. The molecule has 0 amide bonds. The summed E-state index contributed by atoms with van der Waals surface area (Å²) in [5.74, 6) is -0.257. The van der Waals surface area contributed by atoms with Crippen LogP contribution in [0.3, 0.4) is 0 Å². The van der Waals surface area contributed by atoms with Gasteiger partial charge < -0.3 is 4.40 Å². The summed E-state index contributed by atoms with van der Waals surface area (Å²) in [4.78, 5) is 0. The lowest BCUT2D eigenvalue weighted by Gasteiger charge is -1.98. The first-order chi connectivity index (χ1) is 6.22. The number of hydrogen-bond donors (Lipinski definition) is 0. The molecule has 0 saturated carbocycles. The van der Waals surface area contributed by atoms with Gasteiger partial charge in [-0.3, -0.25) is 0 Å². The van der Waals surface area contributed by atoms with Gasteiger partial charge in [-0.25, -0.2) is 4.39 Å². The summed E-state index contributed by atoms with van der Waals surface area (Å²) in [5, 5.41) is 8.73. The fourth-order valence-corrected chi connectivity index (χ4v) is 1.32. The summed E-state index contributed by atoms with van der Waals surface area (Å²) >= 11 is 0. The molecule has 64 valence electrons. The molecule has 2 aromatic heterocycles. The molecule has 13 heavy (non-hydrogen) atoms. The molecule has 0 aliphatic heterocycles. The molecule has 2 aromatic rings. The highest BCUT2D eigenvalue weighted by atomic mass is 19.1. The van der Waals surface area contributed by atoms with Crippen molar-refractivity contribution in [3.8, 4) is 6.07 Å². The fraction of sp³-hybridized carbons (Fsp3) is 0.100.